The minimum absolute atomic E-state index is 0.0100. The van der Waals surface area contributed by atoms with E-state index in [2.05, 4.69) is 22.8 Å². The Balaban J connectivity index is 1.64. The highest BCUT2D eigenvalue weighted by Crippen LogP contribution is 2.62. The number of likely N-dealkylation sites (N-methyl/N-ethyl adjacent to an activating group) is 1. The van der Waals surface area contributed by atoms with Crippen LogP contribution in [0.4, 0.5) is 11.4 Å². The van der Waals surface area contributed by atoms with Crippen LogP contribution in [0.15, 0.2) is 17.0 Å². The van der Waals surface area contributed by atoms with Gasteiger partial charge < -0.3 is 14.5 Å². The molecule has 0 radical (unpaired) electrons. The number of nitrogens with zero attached hydrogens (tertiary/aromatic N) is 3. The topological polar surface area (TPSA) is 53.1 Å². The number of sulfonamides is 1. The van der Waals surface area contributed by atoms with Gasteiger partial charge in [0.05, 0.1) is 18.5 Å². The zero-order chi connectivity index (χ0) is 21.8. The van der Waals surface area contributed by atoms with E-state index in [4.69, 9.17) is 4.74 Å². The molecule has 6 nitrogen and oxygen atoms in total. The van der Waals surface area contributed by atoms with Crippen molar-refractivity contribution in [2.24, 2.45) is 5.92 Å². The number of unbranched alkanes of at least 4 members (excludes halogenated alkanes) is 1. The van der Waals surface area contributed by atoms with Gasteiger partial charge in [0.2, 0.25) is 10.0 Å². The molecule has 172 valence electrons. The molecule has 1 atom stereocenters. The van der Waals surface area contributed by atoms with Crippen LogP contribution in [0.1, 0.15) is 64.7 Å². The molecule has 3 saturated carbocycles. The summed E-state index contributed by atoms with van der Waals surface area (Å²) in [6.45, 7) is 4.98. The third-order valence-corrected chi connectivity index (χ3v) is 10.2. The fraction of sp³-hybridized carbons (Fsp3) is 0.750. The number of rotatable bonds is 6. The van der Waals surface area contributed by atoms with Gasteiger partial charge in [0.25, 0.3) is 0 Å². The van der Waals surface area contributed by atoms with Crippen molar-refractivity contribution in [3.63, 3.8) is 0 Å². The van der Waals surface area contributed by atoms with E-state index in [-0.39, 0.29) is 11.6 Å². The number of fused-ring (bicyclic) bond motifs is 1. The van der Waals surface area contributed by atoms with Gasteiger partial charge in [0.15, 0.2) is 0 Å². The predicted molar refractivity (Wildman–Crippen MR) is 125 cm³/mol. The van der Waals surface area contributed by atoms with Crippen LogP contribution in [0.25, 0.3) is 0 Å². The van der Waals surface area contributed by atoms with Crippen LogP contribution < -0.4 is 14.5 Å². The van der Waals surface area contributed by atoms with E-state index >= 15 is 0 Å². The molecule has 0 spiro atoms. The van der Waals surface area contributed by atoms with Crippen molar-refractivity contribution in [3.05, 3.63) is 12.1 Å². The summed E-state index contributed by atoms with van der Waals surface area (Å²) in [7, 11) is -0.152. The van der Waals surface area contributed by atoms with Crippen molar-refractivity contribution in [2.45, 2.75) is 81.2 Å². The van der Waals surface area contributed by atoms with E-state index in [1.54, 1.807) is 18.5 Å². The molecule has 1 saturated heterocycles. The van der Waals surface area contributed by atoms with Crippen LogP contribution in [0.5, 0.6) is 5.75 Å². The summed E-state index contributed by atoms with van der Waals surface area (Å²) in [6.07, 6.45) is 10.3. The van der Waals surface area contributed by atoms with Crippen molar-refractivity contribution in [2.75, 3.05) is 43.6 Å². The molecule has 6 rings (SSSR count). The zero-order valence-corrected chi connectivity index (χ0v) is 20.1. The Morgan fingerprint density at radius 3 is 2.39 bits per heavy atom. The van der Waals surface area contributed by atoms with Gasteiger partial charge in [-0.3, -0.25) is 0 Å². The minimum Gasteiger partial charge on any atom is -0.495 e. The minimum atomic E-state index is -3.58. The maximum absolute atomic E-state index is 13.8. The van der Waals surface area contributed by atoms with Crippen molar-refractivity contribution in [1.29, 1.82) is 0 Å². The average Bonchev–Trinajstić information content (AvgIpc) is 2.79. The molecule has 31 heavy (non-hydrogen) atoms. The largest absolute Gasteiger partial charge is 0.495 e. The van der Waals surface area contributed by atoms with Gasteiger partial charge in [-0.05, 0) is 56.9 Å². The molecular formula is C24H37N3O3S. The summed E-state index contributed by atoms with van der Waals surface area (Å²) >= 11 is 0. The molecule has 7 heteroatoms. The Kier molecular flexibility index (Phi) is 5.40. The van der Waals surface area contributed by atoms with Crippen molar-refractivity contribution in [1.82, 2.24) is 4.31 Å². The van der Waals surface area contributed by atoms with Gasteiger partial charge >= 0.3 is 0 Å². The number of benzene rings is 1. The Morgan fingerprint density at radius 1 is 1.10 bits per heavy atom. The number of methoxy groups -OCH3 is 1. The molecule has 2 bridgehead atoms. The summed E-state index contributed by atoms with van der Waals surface area (Å²) in [5, 5.41) is 0. The van der Waals surface area contributed by atoms with E-state index < -0.39 is 10.0 Å². The summed E-state index contributed by atoms with van der Waals surface area (Å²) in [6, 6.07) is 3.97. The third kappa shape index (κ3) is 3.34. The van der Waals surface area contributed by atoms with E-state index in [1.807, 2.05) is 6.07 Å². The van der Waals surface area contributed by atoms with Crippen LogP contribution in [0.3, 0.4) is 0 Å². The number of hydrogen-bond donors (Lipinski definition) is 0. The number of ether oxygens (including phenoxy) is 1. The molecule has 1 unspecified atom stereocenters. The molecule has 2 heterocycles. The lowest BCUT2D eigenvalue weighted by molar-refractivity contribution is -0.0270. The lowest BCUT2D eigenvalue weighted by Gasteiger charge is -2.67. The van der Waals surface area contributed by atoms with Gasteiger partial charge in [-0.1, -0.05) is 19.8 Å². The first kappa shape index (κ1) is 21.4. The molecule has 0 aromatic heterocycles. The van der Waals surface area contributed by atoms with Gasteiger partial charge in [-0.25, -0.2) is 8.42 Å². The van der Waals surface area contributed by atoms with E-state index in [9.17, 15) is 8.42 Å². The molecule has 4 fully saturated rings. The second-order valence-electron chi connectivity index (χ2n) is 10.2. The lowest BCUT2D eigenvalue weighted by Crippen LogP contribution is -2.69. The van der Waals surface area contributed by atoms with E-state index in [0.29, 0.717) is 10.6 Å². The van der Waals surface area contributed by atoms with Crippen LogP contribution >= 0.6 is 0 Å². The fourth-order valence-electron chi connectivity index (χ4n) is 6.20. The molecule has 2 aliphatic heterocycles. The maximum atomic E-state index is 13.8. The van der Waals surface area contributed by atoms with Crippen molar-refractivity contribution in [3.8, 4) is 5.75 Å². The molecule has 1 aromatic rings. The fourth-order valence-corrected chi connectivity index (χ4v) is 7.77. The first-order valence-electron chi connectivity index (χ1n) is 12.1. The van der Waals surface area contributed by atoms with E-state index in [1.165, 1.54) is 38.5 Å². The second kappa shape index (κ2) is 7.84. The quantitative estimate of drug-likeness (QED) is 0.653. The first-order valence-corrected chi connectivity index (χ1v) is 13.6. The summed E-state index contributed by atoms with van der Waals surface area (Å²) in [5.74, 6) is 1.53. The number of hydrogen-bond acceptors (Lipinski definition) is 5. The number of piperidine rings is 1. The number of anilines is 2. The highest BCUT2D eigenvalue weighted by Gasteiger charge is 2.61. The average molecular weight is 448 g/mol. The van der Waals surface area contributed by atoms with Crippen molar-refractivity contribution >= 4 is 21.4 Å². The maximum Gasteiger partial charge on any atom is 0.245 e. The smallest absolute Gasteiger partial charge is 0.245 e. The van der Waals surface area contributed by atoms with Crippen LogP contribution in [0, 0.1) is 5.92 Å². The second-order valence-corrected chi connectivity index (χ2v) is 12.1. The molecule has 5 aliphatic rings. The molecule has 1 aromatic carbocycles. The summed E-state index contributed by atoms with van der Waals surface area (Å²) < 4.78 is 34.9. The lowest BCUT2D eigenvalue weighted by atomic mass is 9.49. The Hall–Kier alpha value is -1.47. The molecular weight excluding hydrogens is 410 g/mol. The molecule has 0 amide bonds. The third-order valence-electron chi connectivity index (χ3n) is 8.28. The highest BCUT2D eigenvalue weighted by atomic mass is 32.2. The molecule has 3 aliphatic carbocycles. The van der Waals surface area contributed by atoms with Gasteiger partial charge in [-0.15, -0.1) is 0 Å². The van der Waals surface area contributed by atoms with Crippen LogP contribution in [-0.2, 0) is 10.0 Å². The van der Waals surface area contributed by atoms with Crippen LogP contribution in [0.2, 0.25) is 0 Å². The monoisotopic (exact) mass is 447 g/mol. The highest BCUT2D eigenvalue weighted by molar-refractivity contribution is 7.89. The summed E-state index contributed by atoms with van der Waals surface area (Å²) in [5.41, 5.74) is 2.13. The SMILES string of the molecule is CCCCC1CN(C23CC(C2)C3)c2cc(N3CCCCC3)c(OC)cc2S(=O)(=O)N1C. The van der Waals surface area contributed by atoms with E-state index in [0.717, 1.165) is 56.2 Å². The first-order chi connectivity index (χ1) is 14.9. The Bertz CT molecular complexity index is 925. The van der Waals surface area contributed by atoms with Crippen LogP contribution in [-0.4, -0.2) is 58.1 Å². The Labute approximate surface area is 187 Å². The van der Waals surface area contributed by atoms with Crippen molar-refractivity contribution < 1.29 is 13.2 Å². The Morgan fingerprint density at radius 2 is 1.81 bits per heavy atom. The standard InChI is InChI=1S/C24H37N3O3S/c1-4-5-9-19-17-27(24-14-18(15-24)16-24)21-12-20(26-10-7-6-8-11-26)22(30-3)13-23(21)31(28,29)25(19)2/h12-13,18-19H,4-11,14-17H2,1-3H3. The van der Waals surface area contributed by atoms with Gasteiger partial charge in [0.1, 0.15) is 10.6 Å². The van der Waals surface area contributed by atoms with Gasteiger partial charge in [0, 0.05) is 44.3 Å². The summed E-state index contributed by atoms with van der Waals surface area (Å²) in [4.78, 5) is 5.31. The van der Waals surface area contributed by atoms with Gasteiger partial charge in [-0.2, -0.15) is 4.31 Å². The zero-order valence-electron chi connectivity index (χ0n) is 19.3. The normalized spacial score (nSPS) is 32.0. The predicted octanol–water partition coefficient (Wildman–Crippen LogP) is 4.24. The molecule has 0 N–H and O–H groups in total.